The van der Waals surface area contributed by atoms with Crippen LogP contribution >= 0.6 is 0 Å². The second kappa shape index (κ2) is 8.54. The summed E-state index contributed by atoms with van der Waals surface area (Å²) in [7, 11) is -3.59. The molecule has 1 atom stereocenters. The minimum Gasteiger partial charge on any atom is -0.459 e. The molecule has 3 aromatic carbocycles. The second-order valence-electron chi connectivity index (χ2n) is 9.34. The fourth-order valence-electron chi connectivity index (χ4n) is 5.83. The molecule has 0 spiro atoms. The molecule has 7 rings (SSSR count). The summed E-state index contributed by atoms with van der Waals surface area (Å²) in [5.74, 6) is 0.194. The third-order valence-electron chi connectivity index (χ3n) is 7.35. The molecule has 0 saturated carbocycles. The number of sulfone groups is 1. The highest BCUT2D eigenvalue weighted by atomic mass is 32.2. The van der Waals surface area contributed by atoms with Crippen LogP contribution in [0.3, 0.4) is 0 Å². The van der Waals surface area contributed by atoms with Gasteiger partial charge in [0.15, 0.2) is 15.6 Å². The molecule has 1 heterocycles. The lowest BCUT2D eigenvalue weighted by molar-refractivity contribution is 0.0914. The SMILES string of the molecule is O=C(NCC1CC2c3ccccc3C1c1ccccc12)c1occc1CS(=O)(=O)c1ccccc1. The molecule has 3 aliphatic rings. The normalized spacial score (nSPS) is 20.2. The van der Waals surface area contributed by atoms with Crippen LogP contribution in [0.4, 0.5) is 0 Å². The number of fused-ring (bicyclic) bond motifs is 1. The van der Waals surface area contributed by atoms with Crippen molar-refractivity contribution in [2.75, 3.05) is 6.54 Å². The van der Waals surface area contributed by atoms with E-state index >= 15 is 0 Å². The van der Waals surface area contributed by atoms with E-state index in [4.69, 9.17) is 4.42 Å². The van der Waals surface area contributed by atoms with Crippen LogP contribution in [-0.2, 0) is 15.6 Å². The van der Waals surface area contributed by atoms with Crippen molar-refractivity contribution in [2.45, 2.75) is 28.9 Å². The molecule has 6 heteroatoms. The van der Waals surface area contributed by atoms with Gasteiger partial charge < -0.3 is 9.73 Å². The summed E-state index contributed by atoms with van der Waals surface area (Å²) in [6.45, 7) is 0.494. The molecule has 35 heavy (non-hydrogen) atoms. The molecule has 0 fully saturated rings. The average Bonchev–Trinajstić information content (AvgIpc) is 3.35. The molecule has 4 aromatic rings. The van der Waals surface area contributed by atoms with Gasteiger partial charge in [0.25, 0.3) is 5.91 Å². The van der Waals surface area contributed by atoms with Gasteiger partial charge in [-0.05, 0) is 52.8 Å². The zero-order valence-corrected chi connectivity index (χ0v) is 19.9. The van der Waals surface area contributed by atoms with Gasteiger partial charge in [-0.2, -0.15) is 0 Å². The lowest BCUT2D eigenvalue weighted by Crippen LogP contribution is -2.39. The molecule has 0 saturated heterocycles. The maximum Gasteiger partial charge on any atom is 0.287 e. The Kier molecular flexibility index (Phi) is 5.33. The van der Waals surface area contributed by atoms with E-state index in [1.165, 1.54) is 28.5 Å². The van der Waals surface area contributed by atoms with Gasteiger partial charge >= 0.3 is 0 Å². The summed E-state index contributed by atoms with van der Waals surface area (Å²) < 4.78 is 31.1. The van der Waals surface area contributed by atoms with Crippen LogP contribution in [0.1, 0.15) is 56.6 Å². The Hall–Kier alpha value is -3.64. The molecule has 1 N–H and O–H groups in total. The van der Waals surface area contributed by atoms with Crippen molar-refractivity contribution in [3.63, 3.8) is 0 Å². The maximum absolute atomic E-state index is 13.1. The van der Waals surface area contributed by atoms with Crippen LogP contribution in [-0.4, -0.2) is 20.9 Å². The summed E-state index contributed by atoms with van der Waals surface area (Å²) in [5.41, 5.74) is 5.83. The van der Waals surface area contributed by atoms with Crippen LogP contribution < -0.4 is 5.32 Å². The van der Waals surface area contributed by atoms with Gasteiger partial charge in [-0.3, -0.25) is 4.79 Å². The molecular weight excluding hydrogens is 458 g/mol. The monoisotopic (exact) mass is 483 g/mol. The van der Waals surface area contributed by atoms with Crippen LogP contribution in [0.2, 0.25) is 0 Å². The fourth-order valence-corrected chi connectivity index (χ4v) is 7.20. The highest BCUT2D eigenvalue weighted by Gasteiger charge is 2.43. The summed E-state index contributed by atoms with van der Waals surface area (Å²) >= 11 is 0. The number of rotatable bonds is 6. The van der Waals surface area contributed by atoms with Crippen LogP contribution in [0, 0.1) is 5.92 Å². The zero-order valence-electron chi connectivity index (χ0n) is 19.1. The maximum atomic E-state index is 13.1. The Morgan fingerprint density at radius 2 is 1.43 bits per heavy atom. The Morgan fingerprint density at radius 1 is 0.829 bits per heavy atom. The van der Waals surface area contributed by atoms with E-state index in [0.717, 1.165) is 6.42 Å². The van der Waals surface area contributed by atoms with Crippen molar-refractivity contribution in [3.8, 4) is 0 Å². The summed E-state index contributed by atoms with van der Waals surface area (Å²) in [5, 5.41) is 3.04. The highest BCUT2D eigenvalue weighted by molar-refractivity contribution is 7.90. The standard InChI is InChI=1S/C29H25NO4S/c31-29(28-19(14-15-34-28)18-35(32,33)21-8-2-1-3-9-21)30-17-20-16-26-22-10-4-6-12-24(22)27(20)25-13-7-5-11-23(25)26/h1-15,20,26-27H,16-18H2,(H,30,31). The fraction of sp³-hybridized carbons (Fsp3) is 0.207. The van der Waals surface area contributed by atoms with Gasteiger partial charge in [0, 0.05) is 23.9 Å². The van der Waals surface area contributed by atoms with Crippen molar-refractivity contribution in [1.82, 2.24) is 5.32 Å². The van der Waals surface area contributed by atoms with Gasteiger partial charge in [0.1, 0.15) is 0 Å². The molecule has 5 nitrogen and oxygen atoms in total. The zero-order chi connectivity index (χ0) is 24.0. The van der Waals surface area contributed by atoms with E-state index < -0.39 is 9.84 Å². The number of hydrogen-bond acceptors (Lipinski definition) is 4. The first-order chi connectivity index (χ1) is 17.0. The number of carbonyl (C=O) groups is 1. The largest absolute Gasteiger partial charge is 0.459 e. The topological polar surface area (TPSA) is 76.4 Å². The predicted molar refractivity (Wildman–Crippen MR) is 133 cm³/mol. The molecule has 3 aliphatic carbocycles. The number of hydrogen-bond donors (Lipinski definition) is 1. The van der Waals surface area contributed by atoms with Crippen molar-refractivity contribution in [2.24, 2.45) is 5.92 Å². The van der Waals surface area contributed by atoms with E-state index in [1.807, 2.05) is 0 Å². The van der Waals surface area contributed by atoms with Crippen molar-refractivity contribution in [1.29, 1.82) is 0 Å². The van der Waals surface area contributed by atoms with Crippen molar-refractivity contribution in [3.05, 3.63) is 125 Å². The van der Waals surface area contributed by atoms with Gasteiger partial charge in [-0.25, -0.2) is 8.42 Å². The lowest BCUT2D eigenvalue weighted by atomic mass is 9.59. The summed E-state index contributed by atoms with van der Waals surface area (Å²) in [4.78, 5) is 13.3. The van der Waals surface area contributed by atoms with Crippen LogP contribution in [0.15, 0.2) is 101 Å². The Morgan fingerprint density at radius 3 is 2.09 bits per heavy atom. The Labute approximate surface area is 204 Å². The van der Waals surface area contributed by atoms with Crippen LogP contribution in [0.5, 0.6) is 0 Å². The molecule has 176 valence electrons. The first kappa shape index (κ1) is 21.9. The molecule has 0 radical (unpaired) electrons. The van der Waals surface area contributed by atoms with Crippen LogP contribution in [0.25, 0.3) is 0 Å². The summed E-state index contributed by atoms with van der Waals surface area (Å²) in [6, 6.07) is 27.0. The Bertz CT molecular complexity index is 1460. The molecular formula is C29H25NO4S. The molecule has 1 amide bonds. The average molecular weight is 484 g/mol. The third kappa shape index (κ3) is 3.78. The number of carbonyl (C=O) groups excluding carboxylic acids is 1. The van der Waals surface area contributed by atoms with Gasteiger partial charge in [-0.15, -0.1) is 0 Å². The van der Waals surface area contributed by atoms with Gasteiger partial charge in [0.2, 0.25) is 0 Å². The van der Waals surface area contributed by atoms with E-state index in [9.17, 15) is 13.2 Å². The minimum atomic E-state index is -3.59. The number of furan rings is 1. The Balaban J connectivity index is 1.21. The van der Waals surface area contributed by atoms with E-state index in [-0.39, 0.29) is 34.2 Å². The molecule has 2 bridgehead atoms. The molecule has 0 aliphatic heterocycles. The smallest absolute Gasteiger partial charge is 0.287 e. The van der Waals surface area contributed by atoms with Crippen molar-refractivity contribution < 1.29 is 17.6 Å². The lowest BCUT2D eigenvalue weighted by Gasteiger charge is -2.45. The van der Waals surface area contributed by atoms with Gasteiger partial charge in [-0.1, -0.05) is 66.7 Å². The van der Waals surface area contributed by atoms with E-state index in [2.05, 4.69) is 53.8 Å². The predicted octanol–water partition coefficient (Wildman–Crippen LogP) is 5.28. The first-order valence-electron chi connectivity index (χ1n) is 11.8. The quantitative estimate of drug-likeness (QED) is 0.405. The molecule has 1 aromatic heterocycles. The number of amides is 1. The second-order valence-corrected chi connectivity index (χ2v) is 11.3. The van der Waals surface area contributed by atoms with Crippen molar-refractivity contribution >= 4 is 15.7 Å². The third-order valence-corrected chi connectivity index (χ3v) is 9.03. The number of benzene rings is 3. The number of nitrogens with one attached hydrogen (secondary N) is 1. The molecule has 1 unspecified atom stereocenters. The van der Waals surface area contributed by atoms with E-state index in [1.54, 1.807) is 36.4 Å². The van der Waals surface area contributed by atoms with E-state index in [0.29, 0.717) is 18.0 Å². The highest BCUT2D eigenvalue weighted by Crippen LogP contribution is 2.55. The summed E-state index contributed by atoms with van der Waals surface area (Å²) in [6.07, 6.45) is 2.34. The van der Waals surface area contributed by atoms with Gasteiger partial charge in [0.05, 0.1) is 16.9 Å². The first-order valence-corrected chi connectivity index (χ1v) is 13.5. The minimum absolute atomic E-state index is 0.0614.